The van der Waals surface area contributed by atoms with Crippen molar-refractivity contribution < 1.29 is 19.5 Å². The van der Waals surface area contributed by atoms with Gasteiger partial charge in [-0.05, 0) is 0 Å². The summed E-state index contributed by atoms with van der Waals surface area (Å²) in [6, 6.07) is 1.01. The first-order valence-corrected chi connectivity index (χ1v) is 5.74. The molecule has 0 aliphatic carbocycles. The van der Waals surface area contributed by atoms with E-state index in [-0.39, 0.29) is 22.4 Å². The summed E-state index contributed by atoms with van der Waals surface area (Å²) in [5, 5.41) is 9.81. The molecular formula is C12H16N4O4. The molecule has 108 valence electrons. The van der Waals surface area contributed by atoms with Gasteiger partial charge in [0.15, 0.2) is 17.3 Å². The highest BCUT2D eigenvalue weighted by atomic mass is 16.3. The van der Waals surface area contributed by atoms with Gasteiger partial charge in [-0.15, -0.1) is 0 Å². The van der Waals surface area contributed by atoms with E-state index in [0.29, 0.717) is 0 Å². The highest BCUT2D eigenvalue weighted by Crippen LogP contribution is 2.31. The van der Waals surface area contributed by atoms with Crippen molar-refractivity contribution in [2.75, 3.05) is 25.4 Å². The number of phenols is 1. The fourth-order valence-corrected chi connectivity index (χ4v) is 1.86. The van der Waals surface area contributed by atoms with Crippen LogP contribution in [0.4, 0.5) is 5.69 Å². The SMILES string of the molecule is NCC(=O)c1c(N)cc(O)c(C(=O)CN)c1C(=O)CN. The van der Waals surface area contributed by atoms with Crippen molar-refractivity contribution in [3.05, 3.63) is 22.8 Å². The maximum absolute atomic E-state index is 11.9. The topological polar surface area (TPSA) is 176 Å². The van der Waals surface area contributed by atoms with Crippen LogP contribution in [-0.4, -0.2) is 42.1 Å². The molecule has 0 spiro atoms. The molecule has 0 heterocycles. The zero-order valence-electron chi connectivity index (χ0n) is 10.7. The highest BCUT2D eigenvalue weighted by molar-refractivity contribution is 6.20. The molecule has 0 radical (unpaired) electrons. The maximum Gasteiger partial charge on any atom is 0.180 e. The molecule has 8 nitrogen and oxygen atoms in total. The van der Waals surface area contributed by atoms with Crippen molar-refractivity contribution in [3.8, 4) is 5.75 Å². The normalized spacial score (nSPS) is 10.3. The summed E-state index contributed by atoms with van der Waals surface area (Å²) < 4.78 is 0. The van der Waals surface area contributed by atoms with Gasteiger partial charge in [-0.2, -0.15) is 0 Å². The Morgan fingerprint density at radius 2 is 1.25 bits per heavy atom. The van der Waals surface area contributed by atoms with Crippen molar-refractivity contribution in [1.82, 2.24) is 0 Å². The number of anilines is 1. The van der Waals surface area contributed by atoms with Gasteiger partial charge in [-0.3, -0.25) is 14.4 Å². The number of ketones is 3. The van der Waals surface area contributed by atoms with E-state index in [1.807, 2.05) is 0 Å². The van der Waals surface area contributed by atoms with Crippen LogP contribution in [-0.2, 0) is 0 Å². The summed E-state index contributed by atoms with van der Waals surface area (Å²) in [5.74, 6) is -2.57. The molecular weight excluding hydrogens is 264 g/mol. The highest BCUT2D eigenvalue weighted by Gasteiger charge is 2.28. The van der Waals surface area contributed by atoms with Crippen molar-refractivity contribution in [2.24, 2.45) is 17.2 Å². The molecule has 1 rings (SSSR count). The first kappa shape index (κ1) is 15.8. The Balaban J connectivity index is 3.79. The van der Waals surface area contributed by atoms with Crippen LogP contribution in [0.2, 0.25) is 0 Å². The summed E-state index contributed by atoms with van der Waals surface area (Å²) in [4.78, 5) is 35.5. The fraction of sp³-hybridized carbons (Fsp3) is 0.250. The second-order valence-electron chi connectivity index (χ2n) is 3.99. The monoisotopic (exact) mass is 280 g/mol. The van der Waals surface area contributed by atoms with E-state index in [1.165, 1.54) is 0 Å². The zero-order chi connectivity index (χ0) is 15.4. The van der Waals surface area contributed by atoms with Crippen LogP contribution in [0.5, 0.6) is 5.75 Å². The number of phenolic OH excluding ortho intramolecular Hbond substituents is 1. The first-order valence-electron chi connectivity index (χ1n) is 5.74. The lowest BCUT2D eigenvalue weighted by molar-refractivity contribution is 0.0955. The summed E-state index contributed by atoms with van der Waals surface area (Å²) in [6.07, 6.45) is 0. The summed E-state index contributed by atoms with van der Waals surface area (Å²) in [6.45, 7) is -1.31. The number of rotatable bonds is 6. The molecule has 9 N–H and O–H groups in total. The van der Waals surface area contributed by atoms with Gasteiger partial charge < -0.3 is 28.0 Å². The predicted octanol–water partition coefficient (Wildman–Crippen LogP) is -1.60. The molecule has 0 atom stereocenters. The van der Waals surface area contributed by atoms with Gasteiger partial charge in [0, 0.05) is 17.3 Å². The molecule has 0 bridgehead atoms. The van der Waals surface area contributed by atoms with E-state index in [9.17, 15) is 19.5 Å². The van der Waals surface area contributed by atoms with Crippen molar-refractivity contribution >= 4 is 23.0 Å². The molecule has 0 fully saturated rings. The minimum Gasteiger partial charge on any atom is -0.507 e. The Morgan fingerprint density at radius 3 is 1.70 bits per heavy atom. The van der Waals surface area contributed by atoms with Crippen LogP contribution < -0.4 is 22.9 Å². The van der Waals surface area contributed by atoms with Crippen LogP contribution in [0.25, 0.3) is 0 Å². The molecule has 1 aromatic rings. The summed E-state index contributed by atoms with van der Waals surface area (Å²) >= 11 is 0. The number of hydrogen-bond donors (Lipinski definition) is 5. The number of carbonyl (C=O) groups is 3. The molecule has 0 amide bonds. The van der Waals surface area contributed by atoms with E-state index < -0.39 is 42.7 Å². The summed E-state index contributed by atoms with van der Waals surface area (Å²) in [7, 11) is 0. The minimum absolute atomic E-state index is 0.150. The van der Waals surface area contributed by atoms with Gasteiger partial charge in [0.1, 0.15) is 5.75 Å². The van der Waals surface area contributed by atoms with Crippen LogP contribution >= 0.6 is 0 Å². The molecule has 0 aromatic heterocycles. The van der Waals surface area contributed by atoms with Crippen LogP contribution in [0.1, 0.15) is 31.1 Å². The van der Waals surface area contributed by atoms with E-state index >= 15 is 0 Å². The largest absolute Gasteiger partial charge is 0.507 e. The molecule has 0 aliphatic heterocycles. The number of benzene rings is 1. The average molecular weight is 280 g/mol. The third kappa shape index (κ3) is 2.67. The van der Waals surface area contributed by atoms with Gasteiger partial charge in [-0.1, -0.05) is 0 Å². The molecule has 20 heavy (non-hydrogen) atoms. The summed E-state index contributed by atoms with van der Waals surface area (Å²) in [5.41, 5.74) is 20.4. The Kier molecular flexibility index (Phi) is 4.92. The Hall–Kier alpha value is -2.29. The Labute approximate surface area is 114 Å². The predicted molar refractivity (Wildman–Crippen MR) is 72.7 cm³/mol. The van der Waals surface area contributed by atoms with Crippen LogP contribution in [0.3, 0.4) is 0 Å². The van der Waals surface area contributed by atoms with Crippen LogP contribution in [0, 0.1) is 0 Å². The number of nitrogens with two attached hydrogens (primary N) is 4. The van der Waals surface area contributed by atoms with E-state index in [0.717, 1.165) is 6.07 Å². The molecule has 0 saturated heterocycles. The molecule has 0 unspecified atom stereocenters. The Morgan fingerprint density at radius 1 is 0.850 bits per heavy atom. The molecule has 8 heteroatoms. The molecule has 0 saturated carbocycles. The number of nitrogen functional groups attached to an aromatic ring is 1. The third-order valence-corrected chi connectivity index (χ3v) is 2.73. The van der Waals surface area contributed by atoms with E-state index in [1.54, 1.807) is 0 Å². The third-order valence-electron chi connectivity index (χ3n) is 2.73. The number of Topliss-reactive ketones (excluding diaryl/α,β-unsaturated/α-hetero) is 3. The van der Waals surface area contributed by atoms with E-state index in [4.69, 9.17) is 22.9 Å². The van der Waals surface area contributed by atoms with E-state index in [2.05, 4.69) is 0 Å². The maximum atomic E-state index is 11.9. The average Bonchev–Trinajstić information content (AvgIpc) is 2.44. The van der Waals surface area contributed by atoms with Crippen LogP contribution in [0.15, 0.2) is 6.07 Å². The number of carbonyl (C=O) groups excluding carboxylic acids is 3. The lowest BCUT2D eigenvalue weighted by Crippen LogP contribution is -2.27. The second-order valence-corrected chi connectivity index (χ2v) is 3.99. The number of aromatic hydroxyl groups is 1. The first-order chi connectivity index (χ1) is 9.38. The van der Waals surface area contributed by atoms with Gasteiger partial charge in [-0.25, -0.2) is 0 Å². The van der Waals surface area contributed by atoms with Gasteiger partial charge in [0.2, 0.25) is 0 Å². The number of hydrogen-bond acceptors (Lipinski definition) is 8. The van der Waals surface area contributed by atoms with Crippen molar-refractivity contribution in [3.63, 3.8) is 0 Å². The quantitative estimate of drug-likeness (QED) is 0.305. The van der Waals surface area contributed by atoms with Crippen molar-refractivity contribution in [1.29, 1.82) is 0 Å². The lowest BCUT2D eigenvalue weighted by atomic mass is 9.90. The molecule has 1 aromatic carbocycles. The van der Waals surface area contributed by atoms with Gasteiger partial charge in [0.25, 0.3) is 0 Å². The lowest BCUT2D eigenvalue weighted by Gasteiger charge is -2.15. The Bertz CT molecular complexity index is 543. The standard InChI is InChI=1S/C12H16N4O4/c13-2-7(18)10-5(16)1-6(17)11(8(19)3-14)12(10)9(20)4-15/h1,17H,2-4,13-16H2. The van der Waals surface area contributed by atoms with Gasteiger partial charge in [0.05, 0.1) is 30.8 Å². The van der Waals surface area contributed by atoms with Crippen molar-refractivity contribution in [2.45, 2.75) is 0 Å². The van der Waals surface area contributed by atoms with Gasteiger partial charge >= 0.3 is 0 Å². The zero-order valence-corrected chi connectivity index (χ0v) is 10.7. The fourth-order valence-electron chi connectivity index (χ4n) is 1.86. The smallest absolute Gasteiger partial charge is 0.180 e. The molecule has 0 aliphatic rings. The second kappa shape index (κ2) is 6.24. The minimum atomic E-state index is -0.707.